The predicted octanol–water partition coefficient (Wildman–Crippen LogP) is 5.70. The zero-order valence-electron chi connectivity index (χ0n) is 13.0. The van der Waals surface area contributed by atoms with Crippen LogP contribution in [0.25, 0.3) is 10.2 Å². The van der Waals surface area contributed by atoms with Gasteiger partial charge in [-0.3, -0.25) is 4.79 Å². The third-order valence-electron chi connectivity index (χ3n) is 3.72. The van der Waals surface area contributed by atoms with Crippen LogP contribution in [0.3, 0.4) is 0 Å². The van der Waals surface area contributed by atoms with Gasteiger partial charge in [0.25, 0.3) is 5.56 Å². The summed E-state index contributed by atoms with van der Waals surface area (Å²) < 4.78 is 5.80. The van der Waals surface area contributed by atoms with Gasteiger partial charge in [0.05, 0.1) is 20.5 Å². The Morgan fingerprint density at radius 3 is 2.54 bits per heavy atom. The van der Waals surface area contributed by atoms with Gasteiger partial charge in [-0.15, -0.1) is 11.3 Å². The molecule has 1 aromatic carbocycles. The standard InChI is InChI=1S/C16H13Cl3N2O2S/c1-6-8(3)24-16-13(6)15(22)20-14(21-16)7(2)23-12-5-10(18)9(17)4-11(12)19/h4-5,7H,1-3H3,(H,20,21,22)/t7-/m1/s1. The van der Waals surface area contributed by atoms with E-state index in [1.54, 1.807) is 13.0 Å². The lowest BCUT2D eigenvalue weighted by molar-refractivity contribution is 0.217. The first-order valence-electron chi connectivity index (χ1n) is 7.09. The maximum absolute atomic E-state index is 12.3. The van der Waals surface area contributed by atoms with Crippen LogP contribution in [0.5, 0.6) is 5.75 Å². The molecule has 0 unspecified atom stereocenters. The quantitative estimate of drug-likeness (QED) is 0.570. The SMILES string of the molecule is Cc1sc2nc([C@@H](C)Oc3cc(Cl)c(Cl)cc3Cl)[nH]c(=O)c2c1C. The number of aromatic amines is 1. The van der Waals surface area contributed by atoms with Gasteiger partial charge in [-0.25, -0.2) is 4.98 Å². The molecule has 3 aromatic rings. The fraction of sp³-hybridized carbons (Fsp3) is 0.250. The largest absolute Gasteiger partial charge is 0.481 e. The number of nitrogens with zero attached hydrogens (tertiary/aromatic N) is 1. The second-order valence-electron chi connectivity index (χ2n) is 5.37. The van der Waals surface area contributed by atoms with Gasteiger partial charge in [-0.1, -0.05) is 34.8 Å². The molecule has 2 aromatic heterocycles. The van der Waals surface area contributed by atoms with Crippen molar-refractivity contribution < 1.29 is 4.74 Å². The van der Waals surface area contributed by atoms with E-state index in [-0.39, 0.29) is 5.56 Å². The third kappa shape index (κ3) is 3.14. The Labute approximate surface area is 157 Å². The second kappa shape index (κ2) is 6.56. The summed E-state index contributed by atoms with van der Waals surface area (Å²) in [5, 5.41) is 1.65. The van der Waals surface area contributed by atoms with E-state index in [0.717, 1.165) is 10.4 Å². The molecule has 0 fully saturated rings. The molecule has 24 heavy (non-hydrogen) atoms. The summed E-state index contributed by atoms with van der Waals surface area (Å²) in [5.41, 5.74) is 0.781. The maximum Gasteiger partial charge on any atom is 0.260 e. The number of halogens is 3. The molecule has 0 aliphatic rings. The van der Waals surface area contributed by atoms with Crippen LogP contribution >= 0.6 is 46.1 Å². The highest BCUT2D eigenvalue weighted by Crippen LogP contribution is 2.36. The molecule has 0 spiro atoms. The van der Waals surface area contributed by atoms with E-state index in [2.05, 4.69) is 9.97 Å². The van der Waals surface area contributed by atoms with Crippen molar-refractivity contribution in [1.82, 2.24) is 9.97 Å². The van der Waals surface area contributed by atoms with Gasteiger partial charge >= 0.3 is 0 Å². The molecule has 0 saturated carbocycles. The summed E-state index contributed by atoms with van der Waals surface area (Å²) in [6.07, 6.45) is -0.514. The van der Waals surface area contributed by atoms with Gasteiger partial charge in [0, 0.05) is 10.9 Å². The van der Waals surface area contributed by atoms with Gasteiger partial charge in [-0.05, 0) is 32.4 Å². The van der Waals surface area contributed by atoms with Crippen LogP contribution in [0.2, 0.25) is 15.1 Å². The average Bonchev–Trinajstić information content (AvgIpc) is 2.80. The number of fused-ring (bicyclic) bond motifs is 1. The van der Waals surface area contributed by atoms with Gasteiger partial charge < -0.3 is 9.72 Å². The number of rotatable bonds is 3. The van der Waals surface area contributed by atoms with Crippen LogP contribution in [0, 0.1) is 13.8 Å². The van der Waals surface area contributed by atoms with Crippen molar-refractivity contribution in [1.29, 1.82) is 0 Å². The number of aromatic nitrogens is 2. The molecule has 0 radical (unpaired) electrons. The summed E-state index contributed by atoms with van der Waals surface area (Å²) in [7, 11) is 0. The van der Waals surface area contributed by atoms with Crippen molar-refractivity contribution in [3.8, 4) is 5.75 Å². The van der Waals surface area contributed by atoms with Gasteiger partial charge in [-0.2, -0.15) is 0 Å². The molecule has 1 N–H and O–H groups in total. The topological polar surface area (TPSA) is 55.0 Å². The van der Waals surface area contributed by atoms with Crippen LogP contribution in [-0.2, 0) is 0 Å². The minimum Gasteiger partial charge on any atom is -0.481 e. The number of ether oxygens (including phenoxy) is 1. The van der Waals surface area contributed by atoms with Crippen molar-refractivity contribution >= 4 is 56.4 Å². The van der Waals surface area contributed by atoms with E-state index in [1.165, 1.54) is 17.4 Å². The van der Waals surface area contributed by atoms with Crippen molar-refractivity contribution in [2.24, 2.45) is 0 Å². The van der Waals surface area contributed by atoms with E-state index in [0.29, 0.717) is 36.9 Å². The van der Waals surface area contributed by atoms with Crippen LogP contribution < -0.4 is 10.3 Å². The lowest BCUT2D eigenvalue weighted by atomic mass is 10.2. The van der Waals surface area contributed by atoms with Crippen molar-refractivity contribution in [2.45, 2.75) is 26.9 Å². The molecule has 0 amide bonds. The average molecular weight is 404 g/mol. The van der Waals surface area contributed by atoms with E-state index in [9.17, 15) is 4.79 Å². The molecule has 1 atom stereocenters. The second-order valence-corrected chi connectivity index (χ2v) is 7.80. The molecule has 3 rings (SSSR count). The van der Waals surface area contributed by atoms with Crippen LogP contribution in [-0.4, -0.2) is 9.97 Å². The zero-order valence-corrected chi connectivity index (χ0v) is 16.1. The van der Waals surface area contributed by atoms with Crippen LogP contribution in [0.15, 0.2) is 16.9 Å². The Bertz CT molecular complexity index is 997. The first kappa shape index (κ1) is 17.5. The fourth-order valence-corrected chi connectivity index (χ4v) is 3.92. The van der Waals surface area contributed by atoms with E-state index >= 15 is 0 Å². The van der Waals surface area contributed by atoms with Gasteiger partial charge in [0.1, 0.15) is 10.6 Å². The number of thiophene rings is 1. The fourth-order valence-electron chi connectivity index (χ4n) is 2.30. The summed E-state index contributed by atoms with van der Waals surface area (Å²) >= 11 is 19.5. The maximum atomic E-state index is 12.3. The number of benzene rings is 1. The first-order valence-corrected chi connectivity index (χ1v) is 9.04. The van der Waals surface area contributed by atoms with Gasteiger partial charge in [0.15, 0.2) is 11.9 Å². The molecule has 2 heterocycles. The number of nitrogens with one attached hydrogen (secondary N) is 1. The molecule has 126 valence electrons. The highest BCUT2D eigenvalue weighted by molar-refractivity contribution is 7.18. The minimum absolute atomic E-state index is 0.174. The predicted molar refractivity (Wildman–Crippen MR) is 100 cm³/mol. The van der Waals surface area contributed by atoms with Crippen LogP contribution in [0.1, 0.15) is 29.3 Å². The first-order chi connectivity index (χ1) is 11.3. The molecule has 0 saturated heterocycles. The Hall–Kier alpha value is -1.27. The third-order valence-corrected chi connectivity index (χ3v) is 5.84. The minimum atomic E-state index is -0.514. The van der Waals surface area contributed by atoms with E-state index < -0.39 is 6.10 Å². The molecular weight excluding hydrogens is 391 g/mol. The molecule has 4 nitrogen and oxygen atoms in total. The summed E-state index contributed by atoms with van der Waals surface area (Å²) in [5.74, 6) is 0.802. The van der Waals surface area contributed by atoms with Crippen molar-refractivity contribution in [3.05, 3.63) is 53.8 Å². The normalized spacial score (nSPS) is 12.6. The Balaban J connectivity index is 1.99. The Morgan fingerprint density at radius 2 is 1.83 bits per heavy atom. The molecular formula is C16H13Cl3N2O2S. The Kier molecular flexibility index (Phi) is 4.80. The highest BCUT2D eigenvalue weighted by Gasteiger charge is 2.18. The molecule has 0 bridgehead atoms. The Morgan fingerprint density at radius 1 is 1.17 bits per heavy atom. The lowest BCUT2D eigenvalue weighted by Gasteiger charge is -2.15. The number of hydrogen-bond donors (Lipinski definition) is 1. The van der Waals surface area contributed by atoms with Crippen molar-refractivity contribution in [3.63, 3.8) is 0 Å². The number of aryl methyl sites for hydroxylation is 2. The number of H-pyrrole nitrogens is 1. The van der Waals surface area contributed by atoms with Crippen LogP contribution in [0.4, 0.5) is 0 Å². The lowest BCUT2D eigenvalue weighted by Crippen LogP contribution is -2.16. The highest BCUT2D eigenvalue weighted by atomic mass is 35.5. The van der Waals surface area contributed by atoms with Gasteiger partial charge in [0.2, 0.25) is 0 Å². The van der Waals surface area contributed by atoms with E-state index in [4.69, 9.17) is 39.5 Å². The smallest absolute Gasteiger partial charge is 0.260 e. The molecule has 0 aliphatic carbocycles. The van der Waals surface area contributed by atoms with E-state index in [1.807, 2.05) is 13.8 Å². The molecule has 0 aliphatic heterocycles. The summed E-state index contributed by atoms with van der Waals surface area (Å²) in [6.45, 7) is 5.66. The zero-order chi connectivity index (χ0) is 17.6. The number of hydrogen-bond acceptors (Lipinski definition) is 4. The summed E-state index contributed by atoms with van der Waals surface area (Å²) in [4.78, 5) is 21.4. The monoisotopic (exact) mass is 402 g/mol. The summed E-state index contributed by atoms with van der Waals surface area (Å²) in [6, 6.07) is 3.05. The van der Waals surface area contributed by atoms with Crippen molar-refractivity contribution in [2.75, 3.05) is 0 Å². The molecule has 8 heteroatoms.